The van der Waals surface area contributed by atoms with E-state index in [9.17, 15) is 4.39 Å². The number of morpholine rings is 1. The number of halogens is 1. The van der Waals surface area contributed by atoms with Crippen molar-refractivity contribution in [2.45, 2.75) is 37.8 Å². The Hall–Kier alpha value is -2.67. The van der Waals surface area contributed by atoms with E-state index in [0.29, 0.717) is 6.54 Å². The minimum absolute atomic E-state index is 0.0121. The van der Waals surface area contributed by atoms with Gasteiger partial charge in [0, 0.05) is 44.8 Å². The third-order valence-electron chi connectivity index (χ3n) is 5.94. The van der Waals surface area contributed by atoms with Crippen LogP contribution in [0.5, 0.6) is 0 Å². The SMILES string of the molecule is CN=C(NCc1ccc(N2CCOC(C)C2)nc1)NCC1(c2cccc(F)c2)CC1. The fourth-order valence-corrected chi connectivity index (χ4v) is 3.93. The number of benzene rings is 1. The third kappa shape index (κ3) is 4.90. The number of guanidine groups is 1. The van der Waals surface area contributed by atoms with E-state index in [1.165, 1.54) is 6.07 Å². The molecule has 1 aliphatic heterocycles. The van der Waals surface area contributed by atoms with Gasteiger partial charge in [-0.3, -0.25) is 4.99 Å². The topological polar surface area (TPSA) is 61.8 Å². The van der Waals surface area contributed by atoms with Gasteiger partial charge in [-0.15, -0.1) is 0 Å². The van der Waals surface area contributed by atoms with Gasteiger partial charge in [-0.05, 0) is 49.1 Å². The maximum Gasteiger partial charge on any atom is 0.191 e. The molecule has 1 aliphatic carbocycles. The maximum absolute atomic E-state index is 13.6. The van der Waals surface area contributed by atoms with E-state index in [-0.39, 0.29) is 17.3 Å². The van der Waals surface area contributed by atoms with E-state index in [1.807, 2.05) is 12.3 Å². The van der Waals surface area contributed by atoms with Crippen molar-refractivity contribution in [3.63, 3.8) is 0 Å². The number of nitrogens with zero attached hydrogens (tertiary/aromatic N) is 3. The van der Waals surface area contributed by atoms with E-state index in [2.05, 4.69) is 44.6 Å². The molecule has 1 aromatic carbocycles. The van der Waals surface area contributed by atoms with Crippen molar-refractivity contribution in [1.82, 2.24) is 15.6 Å². The third-order valence-corrected chi connectivity index (χ3v) is 5.94. The Labute approximate surface area is 177 Å². The average molecular weight is 412 g/mol. The Bertz CT molecular complexity index is 881. The molecule has 6 nitrogen and oxygen atoms in total. The maximum atomic E-state index is 13.6. The zero-order valence-electron chi connectivity index (χ0n) is 17.7. The first kappa shape index (κ1) is 20.6. The lowest BCUT2D eigenvalue weighted by atomic mass is 9.96. The van der Waals surface area contributed by atoms with Gasteiger partial charge >= 0.3 is 0 Å². The highest BCUT2D eigenvalue weighted by molar-refractivity contribution is 5.79. The molecule has 2 heterocycles. The molecule has 2 aromatic rings. The van der Waals surface area contributed by atoms with Crippen LogP contribution in [0, 0.1) is 5.82 Å². The molecule has 2 N–H and O–H groups in total. The van der Waals surface area contributed by atoms with E-state index in [0.717, 1.165) is 62.0 Å². The summed E-state index contributed by atoms with van der Waals surface area (Å²) in [4.78, 5) is 11.2. The van der Waals surface area contributed by atoms with Crippen molar-refractivity contribution in [3.05, 3.63) is 59.5 Å². The Morgan fingerprint density at radius 2 is 2.17 bits per heavy atom. The van der Waals surface area contributed by atoms with Gasteiger partial charge in [-0.2, -0.15) is 0 Å². The predicted octanol–water partition coefficient (Wildman–Crippen LogP) is 2.84. The summed E-state index contributed by atoms with van der Waals surface area (Å²) in [6.07, 6.45) is 4.27. The van der Waals surface area contributed by atoms with Gasteiger partial charge in [0.2, 0.25) is 0 Å². The second kappa shape index (κ2) is 9.00. The number of rotatable bonds is 6. The summed E-state index contributed by atoms with van der Waals surface area (Å²) in [7, 11) is 1.76. The number of aliphatic imine (C=N–C) groups is 1. The zero-order chi connectivity index (χ0) is 21.0. The monoisotopic (exact) mass is 411 g/mol. The summed E-state index contributed by atoms with van der Waals surface area (Å²) >= 11 is 0. The van der Waals surface area contributed by atoms with Crippen molar-refractivity contribution < 1.29 is 9.13 Å². The second-order valence-corrected chi connectivity index (χ2v) is 8.22. The normalized spacial score (nSPS) is 20.7. The van der Waals surface area contributed by atoms with Crippen LogP contribution in [-0.2, 0) is 16.7 Å². The van der Waals surface area contributed by atoms with Gasteiger partial charge in [-0.25, -0.2) is 9.37 Å². The number of ether oxygens (including phenoxy) is 1. The molecular weight excluding hydrogens is 381 g/mol. The molecule has 0 bridgehead atoms. The van der Waals surface area contributed by atoms with Crippen molar-refractivity contribution in [2.75, 3.05) is 38.2 Å². The molecule has 2 fully saturated rings. The molecule has 160 valence electrons. The standard InChI is InChI=1S/C23H30FN5O/c1-17-15-29(10-11-30-17)21-7-6-18(13-26-21)14-27-22(25-2)28-16-23(8-9-23)19-4-3-5-20(24)12-19/h3-7,12-13,17H,8-11,14-16H2,1-2H3,(H2,25,27,28). The first-order valence-corrected chi connectivity index (χ1v) is 10.6. The van der Waals surface area contributed by atoms with Gasteiger partial charge in [0.25, 0.3) is 0 Å². The molecule has 1 atom stereocenters. The number of hydrogen-bond acceptors (Lipinski definition) is 4. The van der Waals surface area contributed by atoms with Crippen LogP contribution < -0.4 is 15.5 Å². The lowest BCUT2D eigenvalue weighted by Crippen LogP contribution is -2.41. The molecule has 1 saturated heterocycles. The van der Waals surface area contributed by atoms with Gasteiger partial charge in [0.05, 0.1) is 12.7 Å². The van der Waals surface area contributed by atoms with Crippen LogP contribution in [-0.4, -0.2) is 50.3 Å². The second-order valence-electron chi connectivity index (χ2n) is 8.22. The largest absolute Gasteiger partial charge is 0.375 e. The van der Waals surface area contributed by atoms with Gasteiger partial charge in [-0.1, -0.05) is 18.2 Å². The first-order chi connectivity index (χ1) is 14.6. The smallest absolute Gasteiger partial charge is 0.191 e. The lowest BCUT2D eigenvalue weighted by molar-refractivity contribution is 0.0529. The highest BCUT2D eigenvalue weighted by Gasteiger charge is 2.44. The van der Waals surface area contributed by atoms with Gasteiger partial charge < -0.3 is 20.3 Å². The summed E-state index contributed by atoms with van der Waals surface area (Å²) in [6, 6.07) is 11.1. The van der Waals surface area contributed by atoms with Crippen molar-refractivity contribution in [2.24, 2.45) is 4.99 Å². The number of nitrogens with one attached hydrogen (secondary N) is 2. The molecule has 7 heteroatoms. The molecular formula is C23H30FN5O. The number of pyridine rings is 1. The molecule has 1 aromatic heterocycles. The Morgan fingerprint density at radius 3 is 2.83 bits per heavy atom. The van der Waals surface area contributed by atoms with Crippen LogP contribution in [0.2, 0.25) is 0 Å². The molecule has 4 rings (SSSR count). The zero-order valence-corrected chi connectivity index (χ0v) is 17.7. The van der Waals surface area contributed by atoms with E-state index >= 15 is 0 Å². The van der Waals surface area contributed by atoms with Gasteiger partial charge in [0.15, 0.2) is 5.96 Å². The van der Waals surface area contributed by atoms with Crippen LogP contribution in [0.25, 0.3) is 0 Å². The molecule has 1 unspecified atom stereocenters. The number of aromatic nitrogens is 1. The highest BCUT2D eigenvalue weighted by atomic mass is 19.1. The van der Waals surface area contributed by atoms with Crippen molar-refractivity contribution in [1.29, 1.82) is 0 Å². The minimum atomic E-state index is -0.177. The summed E-state index contributed by atoms with van der Waals surface area (Å²) in [5.41, 5.74) is 2.16. The molecule has 0 radical (unpaired) electrons. The predicted molar refractivity (Wildman–Crippen MR) is 117 cm³/mol. The van der Waals surface area contributed by atoms with Crippen molar-refractivity contribution >= 4 is 11.8 Å². The van der Waals surface area contributed by atoms with E-state index in [4.69, 9.17) is 4.74 Å². The molecule has 30 heavy (non-hydrogen) atoms. The number of anilines is 1. The fraction of sp³-hybridized carbons (Fsp3) is 0.478. The fourth-order valence-electron chi connectivity index (χ4n) is 3.93. The van der Waals surface area contributed by atoms with Crippen LogP contribution in [0.15, 0.2) is 47.6 Å². The Morgan fingerprint density at radius 1 is 1.30 bits per heavy atom. The van der Waals surface area contributed by atoms with E-state index in [1.54, 1.807) is 19.2 Å². The lowest BCUT2D eigenvalue weighted by Gasteiger charge is -2.32. The molecule has 0 amide bonds. The van der Waals surface area contributed by atoms with Crippen LogP contribution >= 0.6 is 0 Å². The summed E-state index contributed by atoms with van der Waals surface area (Å²) in [6.45, 7) is 5.95. The van der Waals surface area contributed by atoms with Crippen LogP contribution in [0.4, 0.5) is 10.2 Å². The first-order valence-electron chi connectivity index (χ1n) is 10.6. The van der Waals surface area contributed by atoms with E-state index < -0.39 is 0 Å². The van der Waals surface area contributed by atoms with Gasteiger partial charge in [0.1, 0.15) is 11.6 Å². The summed E-state index contributed by atoms with van der Waals surface area (Å²) < 4.78 is 19.2. The number of hydrogen-bond donors (Lipinski definition) is 2. The quantitative estimate of drug-likeness (QED) is 0.565. The van der Waals surface area contributed by atoms with Crippen LogP contribution in [0.3, 0.4) is 0 Å². The molecule has 0 spiro atoms. The summed E-state index contributed by atoms with van der Waals surface area (Å²) in [5, 5.41) is 6.75. The molecule has 1 saturated carbocycles. The van der Waals surface area contributed by atoms with Crippen molar-refractivity contribution in [3.8, 4) is 0 Å². The summed E-state index contributed by atoms with van der Waals surface area (Å²) in [5.74, 6) is 1.55. The highest BCUT2D eigenvalue weighted by Crippen LogP contribution is 2.47. The minimum Gasteiger partial charge on any atom is -0.375 e. The Balaban J connectivity index is 1.28. The average Bonchev–Trinajstić information content (AvgIpc) is 3.55. The molecule has 2 aliphatic rings. The van der Waals surface area contributed by atoms with Crippen LogP contribution in [0.1, 0.15) is 30.9 Å². The Kier molecular flexibility index (Phi) is 6.18.